The fourth-order valence-electron chi connectivity index (χ4n) is 2.68. The molecular formula is C16H22N6O2S. The summed E-state index contributed by atoms with van der Waals surface area (Å²) in [6.07, 6.45) is 0. The number of pyridine rings is 1. The van der Waals surface area contributed by atoms with Gasteiger partial charge in [-0.05, 0) is 38.1 Å². The molecule has 0 spiro atoms. The lowest BCUT2D eigenvalue weighted by Crippen LogP contribution is -2.49. The molecule has 9 heteroatoms. The minimum absolute atomic E-state index is 0.139. The average Bonchev–Trinajstić information content (AvgIpc) is 2.62. The van der Waals surface area contributed by atoms with Gasteiger partial charge < -0.3 is 10.2 Å². The lowest BCUT2D eigenvalue weighted by Gasteiger charge is -2.34. The first-order valence-corrected chi connectivity index (χ1v) is 9.86. The highest BCUT2D eigenvalue weighted by Crippen LogP contribution is 2.17. The van der Waals surface area contributed by atoms with E-state index in [9.17, 15) is 8.42 Å². The summed E-state index contributed by atoms with van der Waals surface area (Å²) >= 11 is 0. The smallest absolute Gasteiger partial charge is 0.213 e. The van der Waals surface area contributed by atoms with E-state index in [0.717, 1.165) is 17.3 Å². The maximum Gasteiger partial charge on any atom is 0.213 e. The Morgan fingerprint density at radius 3 is 2.40 bits per heavy atom. The lowest BCUT2D eigenvalue weighted by molar-refractivity contribution is 0.384. The molecule has 8 nitrogen and oxygen atoms in total. The number of nitrogens with one attached hydrogen (secondary N) is 1. The van der Waals surface area contributed by atoms with Crippen molar-refractivity contribution < 1.29 is 8.42 Å². The Hall–Kier alpha value is -2.26. The summed E-state index contributed by atoms with van der Waals surface area (Å²) in [6, 6.07) is 9.46. The summed E-state index contributed by atoms with van der Waals surface area (Å²) in [6.45, 7) is 5.77. The van der Waals surface area contributed by atoms with Gasteiger partial charge >= 0.3 is 0 Å². The number of anilines is 3. The summed E-state index contributed by atoms with van der Waals surface area (Å²) in [7, 11) is -3.12. The Morgan fingerprint density at radius 1 is 1.04 bits per heavy atom. The molecule has 1 N–H and O–H groups in total. The van der Waals surface area contributed by atoms with E-state index < -0.39 is 10.0 Å². The molecule has 0 unspecified atom stereocenters. The van der Waals surface area contributed by atoms with E-state index in [0.29, 0.717) is 32.0 Å². The molecule has 0 aliphatic carbocycles. The zero-order valence-corrected chi connectivity index (χ0v) is 15.2. The first-order valence-electron chi connectivity index (χ1n) is 8.25. The molecule has 0 aromatic carbocycles. The van der Waals surface area contributed by atoms with Gasteiger partial charge in [-0.3, -0.25) is 0 Å². The molecule has 1 aliphatic rings. The number of aryl methyl sites for hydroxylation is 1. The molecule has 0 saturated carbocycles. The lowest BCUT2D eigenvalue weighted by atomic mass is 10.3. The number of rotatable bonds is 5. The number of piperazine rings is 1. The number of nitrogens with zero attached hydrogens (tertiary/aromatic N) is 5. The second kappa shape index (κ2) is 7.32. The van der Waals surface area contributed by atoms with Crippen molar-refractivity contribution in [3.63, 3.8) is 0 Å². The van der Waals surface area contributed by atoms with Crippen LogP contribution in [0.25, 0.3) is 0 Å². The Balaban J connectivity index is 1.62. The molecular weight excluding hydrogens is 340 g/mol. The van der Waals surface area contributed by atoms with Gasteiger partial charge in [-0.15, -0.1) is 10.2 Å². The SMILES string of the molecule is CCS(=O)(=O)N1CCN(c2ccc(Nc3cccc(C)n3)nn2)CC1. The maximum atomic E-state index is 11.9. The summed E-state index contributed by atoms with van der Waals surface area (Å²) in [5, 5.41) is 11.6. The number of aromatic nitrogens is 3. The van der Waals surface area contributed by atoms with Crippen molar-refractivity contribution in [3.8, 4) is 0 Å². The van der Waals surface area contributed by atoms with Crippen LogP contribution in [0.15, 0.2) is 30.3 Å². The van der Waals surface area contributed by atoms with Crippen molar-refractivity contribution in [1.29, 1.82) is 0 Å². The first kappa shape index (κ1) is 17.6. The van der Waals surface area contributed by atoms with Crippen LogP contribution in [-0.2, 0) is 10.0 Å². The van der Waals surface area contributed by atoms with Crippen LogP contribution in [0.1, 0.15) is 12.6 Å². The molecule has 0 atom stereocenters. The van der Waals surface area contributed by atoms with Crippen molar-refractivity contribution in [3.05, 3.63) is 36.0 Å². The summed E-state index contributed by atoms with van der Waals surface area (Å²) < 4.78 is 25.3. The van der Waals surface area contributed by atoms with E-state index in [1.54, 1.807) is 6.92 Å². The Labute approximate surface area is 147 Å². The topological polar surface area (TPSA) is 91.3 Å². The normalized spacial score (nSPS) is 16.0. The van der Waals surface area contributed by atoms with Crippen molar-refractivity contribution in [2.75, 3.05) is 42.1 Å². The van der Waals surface area contributed by atoms with E-state index in [1.807, 2.05) is 42.2 Å². The van der Waals surface area contributed by atoms with Gasteiger partial charge in [-0.2, -0.15) is 4.31 Å². The van der Waals surface area contributed by atoms with E-state index in [4.69, 9.17) is 0 Å². The van der Waals surface area contributed by atoms with Gasteiger partial charge in [0.1, 0.15) is 5.82 Å². The fourth-order valence-corrected chi connectivity index (χ4v) is 3.77. The van der Waals surface area contributed by atoms with Crippen molar-refractivity contribution >= 4 is 27.5 Å². The largest absolute Gasteiger partial charge is 0.352 e. The van der Waals surface area contributed by atoms with E-state index >= 15 is 0 Å². The second-order valence-electron chi connectivity index (χ2n) is 5.85. The molecule has 3 rings (SSSR count). The molecule has 1 saturated heterocycles. The predicted molar refractivity (Wildman–Crippen MR) is 97.5 cm³/mol. The third-order valence-corrected chi connectivity index (χ3v) is 6.00. The molecule has 25 heavy (non-hydrogen) atoms. The molecule has 134 valence electrons. The standard InChI is InChI=1S/C16H22N6O2S/c1-3-25(23,24)22-11-9-21(10-12-22)16-8-7-15(19-20-16)18-14-6-4-5-13(2)17-14/h4-8H,3,9-12H2,1-2H3,(H,17,18,19). The first-order chi connectivity index (χ1) is 12.0. The minimum Gasteiger partial charge on any atom is -0.352 e. The molecule has 0 amide bonds. The van der Waals surface area contributed by atoms with Crippen molar-refractivity contribution in [2.45, 2.75) is 13.8 Å². The van der Waals surface area contributed by atoms with Gasteiger partial charge in [0, 0.05) is 31.9 Å². The average molecular weight is 362 g/mol. The predicted octanol–water partition coefficient (Wildman–Crippen LogP) is 1.40. The van der Waals surface area contributed by atoms with Crippen LogP contribution < -0.4 is 10.2 Å². The van der Waals surface area contributed by atoms with Crippen LogP contribution in [0, 0.1) is 6.92 Å². The molecule has 2 aromatic heterocycles. The quantitative estimate of drug-likeness (QED) is 0.859. The zero-order valence-electron chi connectivity index (χ0n) is 14.4. The van der Waals surface area contributed by atoms with E-state index in [-0.39, 0.29) is 5.75 Å². The third kappa shape index (κ3) is 4.23. The van der Waals surface area contributed by atoms with E-state index in [1.165, 1.54) is 4.31 Å². The molecule has 2 aromatic rings. The van der Waals surface area contributed by atoms with Crippen LogP contribution in [0.5, 0.6) is 0 Å². The summed E-state index contributed by atoms with van der Waals surface area (Å²) in [4.78, 5) is 6.41. The molecule has 1 fully saturated rings. The van der Waals surface area contributed by atoms with Crippen LogP contribution in [-0.4, -0.2) is 59.8 Å². The summed E-state index contributed by atoms with van der Waals surface area (Å²) in [5.41, 5.74) is 0.925. The Morgan fingerprint density at radius 2 is 1.80 bits per heavy atom. The van der Waals surface area contributed by atoms with Crippen LogP contribution in [0.4, 0.5) is 17.5 Å². The van der Waals surface area contributed by atoms with Crippen LogP contribution in [0.2, 0.25) is 0 Å². The monoisotopic (exact) mass is 362 g/mol. The molecule has 1 aliphatic heterocycles. The third-order valence-electron chi connectivity index (χ3n) is 4.12. The van der Waals surface area contributed by atoms with Crippen LogP contribution >= 0.6 is 0 Å². The van der Waals surface area contributed by atoms with Crippen LogP contribution in [0.3, 0.4) is 0 Å². The minimum atomic E-state index is -3.12. The van der Waals surface area contributed by atoms with Crippen molar-refractivity contribution in [1.82, 2.24) is 19.5 Å². The highest BCUT2D eigenvalue weighted by molar-refractivity contribution is 7.89. The van der Waals surface area contributed by atoms with Gasteiger partial charge in [0.05, 0.1) is 5.75 Å². The van der Waals surface area contributed by atoms with Crippen molar-refractivity contribution in [2.24, 2.45) is 0 Å². The zero-order chi connectivity index (χ0) is 17.9. The Bertz CT molecular complexity index is 817. The van der Waals surface area contributed by atoms with Gasteiger partial charge in [0.25, 0.3) is 0 Å². The van der Waals surface area contributed by atoms with E-state index in [2.05, 4.69) is 20.5 Å². The molecule has 0 radical (unpaired) electrons. The number of hydrogen-bond donors (Lipinski definition) is 1. The number of sulfonamides is 1. The summed E-state index contributed by atoms with van der Waals surface area (Å²) in [5.74, 6) is 2.23. The van der Waals surface area contributed by atoms with Gasteiger partial charge in [0.15, 0.2) is 11.6 Å². The fraction of sp³-hybridized carbons (Fsp3) is 0.438. The molecule has 3 heterocycles. The van der Waals surface area contributed by atoms with Gasteiger partial charge in [0.2, 0.25) is 10.0 Å². The van der Waals surface area contributed by atoms with Gasteiger partial charge in [-0.25, -0.2) is 13.4 Å². The Kier molecular flexibility index (Phi) is 5.14. The number of hydrogen-bond acceptors (Lipinski definition) is 7. The highest BCUT2D eigenvalue weighted by Gasteiger charge is 2.26. The highest BCUT2D eigenvalue weighted by atomic mass is 32.2. The molecule has 0 bridgehead atoms. The van der Waals surface area contributed by atoms with Gasteiger partial charge in [-0.1, -0.05) is 6.07 Å². The second-order valence-corrected chi connectivity index (χ2v) is 8.11. The maximum absolute atomic E-state index is 11.9.